The summed E-state index contributed by atoms with van der Waals surface area (Å²) in [6, 6.07) is 10.1. The summed E-state index contributed by atoms with van der Waals surface area (Å²) >= 11 is 7.64. The van der Waals surface area contributed by atoms with Crippen molar-refractivity contribution in [1.82, 2.24) is 9.80 Å². The molecule has 1 aliphatic heterocycles. The van der Waals surface area contributed by atoms with Crippen LogP contribution in [0.5, 0.6) is 0 Å². The van der Waals surface area contributed by atoms with Gasteiger partial charge in [-0.15, -0.1) is 0 Å². The van der Waals surface area contributed by atoms with Crippen LogP contribution in [0.3, 0.4) is 0 Å². The molecule has 0 radical (unpaired) electrons. The van der Waals surface area contributed by atoms with Gasteiger partial charge in [-0.3, -0.25) is 9.69 Å². The molecule has 2 aromatic rings. The number of aryl methyl sites for hydroxylation is 1. The van der Waals surface area contributed by atoms with Gasteiger partial charge in [0.05, 0.1) is 0 Å². The molecule has 128 valence electrons. The van der Waals surface area contributed by atoms with Crippen LogP contribution in [0.15, 0.2) is 41.1 Å². The van der Waals surface area contributed by atoms with Crippen molar-refractivity contribution >= 4 is 28.8 Å². The molecule has 0 unspecified atom stereocenters. The molecule has 1 aliphatic rings. The lowest BCUT2D eigenvalue weighted by atomic mass is 10.2. The standard InChI is InChI=1S/C19H23ClN2OS/c20-18-5-2-16(3-6-18)14-21-9-1-10-22(12-11-21)19(23)7-4-17-8-13-24-15-17/h2-3,5-6,8,13,15H,1,4,7,9-12,14H2. The van der Waals surface area contributed by atoms with Crippen molar-refractivity contribution in [2.45, 2.75) is 25.8 Å². The van der Waals surface area contributed by atoms with E-state index in [1.807, 2.05) is 17.0 Å². The van der Waals surface area contributed by atoms with E-state index in [0.29, 0.717) is 6.42 Å². The highest BCUT2D eigenvalue weighted by molar-refractivity contribution is 7.07. The summed E-state index contributed by atoms with van der Waals surface area (Å²) in [5.74, 6) is 0.287. The smallest absolute Gasteiger partial charge is 0.222 e. The minimum absolute atomic E-state index is 0.287. The third kappa shape index (κ3) is 5.07. The summed E-state index contributed by atoms with van der Waals surface area (Å²) in [4.78, 5) is 16.9. The van der Waals surface area contributed by atoms with Crippen molar-refractivity contribution in [2.75, 3.05) is 26.2 Å². The van der Waals surface area contributed by atoms with Crippen molar-refractivity contribution in [2.24, 2.45) is 0 Å². The van der Waals surface area contributed by atoms with Crippen molar-refractivity contribution in [3.05, 3.63) is 57.2 Å². The second-order valence-corrected chi connectivity index (χ2v) is 7.49. The molecule has 5 heteroatoms. The minimum Gasteiger partial charge on any atom is -0.341 e. The quantitative estimate of drug-likeness (QED) is 0.800. The zero-order valence-corrected chi connectivity index (χ0v) is 15.4. The molecule has 1 saturated heterocycles. The number of hydrogen-bond donors (Lipinski definition) is 0. The van der Waals surface area contributed by atoms with Gasteiger partial charge in [-0.05, 0) is 52.9 Å². The Hall–Kier alpha value is -1.36. The first-order valence-corrected chi connectivity index (χ1v) is 9.78. The third-order valence-corrected chi connectivity index (χ3v) is 5.45. The fourth-order valence-corrected chi connectivity index (χ4v) is 3.90. The van der Waals surface area contributed by atoms with E-state index in [0.717, 1.165) is 50.6 Å². The molecular weight excluding hydrogens is 340 g/mol. The van der Waals surface area contributed by atoms with Gasteiger partial charge < -0.3 is 4.90 Å². The summed E-state index contributed by atoms with van der Waals surface area (Å²) in [7, 11) is 0. The first-order valence-electron chi connectivity index (χ1n) is 8.46. The van der Waals surface area contributed by atoms with Gasteiger partial charge in [0.15, 0.2) is 0 Å². The number of benzene rings is 1. The van der Waals surface area contributed by atoms with E-state index >= 15 is 0 Å². The fraction of sp³-hybridized carbons (Fsp3) is 0.421. The largest absolute Gasteiger partial charge is 0.341 e. The summed E-state index contributed by atoms with van der Waals surface area (Å²) in [5.41, 5.74) is 2.55. The maximum Gasteiger partial charge on any atom is 0.222 e. The van der Waals surface area contributed by atoms with Gasteiger partial charge in [-0.2, -0.15) is 11.3 Å². The number of thiophene rings is 1. The molecule has 1 aromatic carbocycles. The van der Waals surface area contributed by atoms with Gasteiger partial charge in [0.2, 0.25) is 5.91 Å². The Bertz CT molecular complexity index is 642. The van der Waals surface area contributed by atoms with Crippen LogP contribution in [0.4, 0.5) is 0 Å². The second kappa shape index (κ2) is 8.65. The second-order valence-electron chi connectivity index (χ2n) is 6.27. The number of carbonyl (C=O) groups is 1. The minimum atomic E-state index is 0.287. The molecule has 1 fully saturated rings. The average molecular weight is 363 g/mol. The van der Waals surface area contributed by atoms with Crippen LogP contribution >= 0.6 is 22.9 Å². The molecule has 0 N–H and O–H groups in total. The van der Waals surface area contributed by atoms with Crippen molar-refractivity contribution in [1.29, 1.82) is 0 Å². The van der Waals surface area contributed by atoms with E-state index in [4.69, 9.17) is 11.6 Å². The molecule has 24 heavy (non-hydrogen) atoms. The maximum atomic E-state index is 12.4. The van der Waals surface area contributed by atoms with Crippen LogP contribution in [0.2, 0.25) is 5.02 Å². The van der Waals surface area contributed by atoms with Gasteiger partial charge in [0, 0.05) is 44.2 Å². The molecule has 0 aliphatic carbocycles. The number of carbonyl (C=O) groups excluding carboxylic acids is 1. The summed E-state index contributed by atoms with van der Waals surface area (Å²) in [6.07, 6.45) is 2.51. The molecule has 0 saturated carbocycles. The fourth-order valence-electron chi connectivity index (χ4n) is 3.07. The predicted octanol–water partition coefficient (Wildman–Crippen LogP) is 4.07. The summed E-state index contributed by atoms with van der Waals surface area (Å²) < 4.78 is 0. The Labute approximate surface area is 152 Å². The highest BCUT2D eigenvalue weighted by atomic mass is 35.5. The number of hydrogen-bond acceptors (Lipinski definition) is 3. The zero-order chi connectivity index (χ0) is 16.8. The Balaban J connectivity index is 1.47. The molecule has 0 bridgehead atoms. The van der Waals surface area contributed by atoms with Crippen molar-refractivity contribution in [3.8, 4) is 0 Å². The normalized spacial score (nSPS) is 16.1. The van der Waals surface area contributed by atoms with Crippen molar-refractivity contribution in [3.63, 3.8) is 0 Å². The lowest BCUT2D eigenvalue weighted by molar-refractivity contribution is -0.131. The molecule has 3 rings (SSSR count). The van der Waals surface area contributed by atoms with Crippen LogP contribution < -0.4 is 0 Å². The van der Waals surface area contributed by atoms with Crippen LogP contribution in [0.1, 0.15) is 24.0 Å². The first-order chi connectivity index (χ1) is 11.7. The van der Waals surface area contributed by atoms with E-state index in [9.17, 15) is 4.79 Å². The lowest BCUT2D eigenvalue weighted by Crippen LogP contribution is -2.35. The SMILES string of the molecule is O=C(CCc1ccsc1)N1CCCN(Cc2ccc(Cl)cc2)CC1. The lowest BCUT2D eigenvalue weighted by Gasteiger charge is -2.22. The Morgan fingerprint density at radius 1 is 1.04 bits per heavy atom. The van der Waals surface area contributed by atoms with Crippen molar-refractivity contribution < 1.29 is 4.79 Å². The van der Waals surface area contributed by atoms with Gasteiger partial charge in [0.1, 0.15) is 0 Å². The van der Waals surface area contributed by atoms with E-state index in [1.165, 1.54) is 11.1 Å². The number of nitrogens with zero attached hydrogens (tertiary/aromatic N) is 2. The molecule has 1 aromatic heterocycles. The molecule has 3 nitrogen and oxygen atoms in total. The molecule has 0 spiro atoms. The van der Waals surface area contributed by atoms with E-state index in [-0.39, 0.29) is 5.91 Å². The predicted molar refractivity (Wildman–Crippen MR) is 101 cm³/mol. The number of halogens is 1. The first kappa shape index (κ1) is 17.5. The van der Waals surface area contributed by atoms with E-state index < -0.39 is 0 Å². The zero-order valence-electron chi connectivity index (χ0n) is 13.8. The molecular formula is C19H23ClN2OS. The summed E-state index contributed by atoms with van der Waals surface area (Å²) in [6.45, 7) is 4.60. The maximum absolute atomic E-state index is 12.4. The molecule has 2 heterocycles. The number of amides is 1. The van der Waals surface area contributed by atoms with Gasteiger partial charge >= 0.3 is 0 Å². The third-order valence-electron chi connectivity index (χ3n) is 4.47. The van der Waals surface area contributed by atoms with Crippen LogP contribution in [-0.4, -0.2) is 41.9 Å². The van der Waals surface area contributed by atoms with Gasteiger partial charge in [-0.1, -0.05) is 23.7 Å². The average Bonchev–Trinajstić information content (AvgIpc) is 3.00. The van der Waals surface area contributed by atoms with Gasteiger partial charge in [0.25, 0.3) is 0 Å². The van der Waals surface area contributed by atoms with Crippen LogP contribution in [0.25, 0.3) is 0 Å². The highest BCUT2D eigenvalue weighted by Gasteiger charge is 2.19. The monoisotopic (exact) mass is 362 g/mol. The van der Waals surface area contributed by atoms with Crippen LogP contribution in [-0.2, 0) is 17.8 Å². The van der Waals surface area contributed by atoms with E-state index in [1.54, 1.807) is 11.3 Å². The topological polar surface area (TPSA) is 23.6 Å². The van der Waals surface area contributed by atoms with E-state index in [2.05, 4.69) is 33.9 Å². The Morgan fingerprint density at radius 2 is 1.88 bits per heavy atom. The van der Waals surface area contributed by atoms with Crippen LogP contribution in [0, 0.1) is 0 Å². The molecule has 0 atom stereocenters. The number of rotatable bonds is 5. The highest BCUT2D eigenvalue weighted by Crippen LogP contribution is 2.14. The Morgan fingerprint density at radius 3 is 2.62 bits per heavy atom. The molecule has 1 amide bonds. The van der Waals surface area contributed by atoms with Gasteiger partial charge in [-0.25, -0.2) is 0 Å². The summed E-state index contributed by atoms with van der Waals surface area (Å²) in [5, 5.41) is 4.97. The Kier molecular flexibility index (Phi) is 6.30.